The molecule has 180 valence electrons. The summed E-state index contributed by atoms with van der Waals surface area (Å²) in [6, 6.07) is 8.99. The number of thiazole rings is 1. The molecule has 2 aliphatic rings. The number of piperidine rings is 1. The maximum Gasteiger partial charge on any atom is 0.265 e. The smallest absolute Gasteiger partial charge is 0.265 e. The number of nitrogens with one attached hydrogen (secondary N) is 1. The van der Waals surface area contributed by atoms with E-state index in [1.807, 2.05) is 19.1 Å². The van der Waals surface area contributed by atoms with Crippen molar-refractivity contribution >= 4 is 40.4 Å². The Balaban J connectivity index is 1.27. The first-order chi connectivity index (χ1) is 16.9. The number of hydrogen-bond donors (Lipinski definition) is 1. The minimum atomic E-state index is -0.328. The second-order valence-electron chi connectivity index (χ2n) is 8.68. The number of carbonyl (C=O) groups excluding carboxylic acids is 3. The van der Waals surface area contributed by atoms with Gasteiger partial charge in [0.25, 0.3) is 11.8 Å². The molecule has 1 unspecified atom stereocenters. The summed E-state index contributed by atoms with van der Waals surface area (Å²) in [4.78, 5) is 50.9. The average Bonchev–Trinajstić information content (AvgIpc) is 3.28. The van der Waals surface area contributed by atoms with Crippen LogP contribution in [0.4, 0.5) is 11.4 Å². The van der Waals surface area contributed by atoms with E-state index in [0.717, 1.165) is 17.0 Å². The molecule has 9 nitrogen and oxygen atoms in total. The molecule has 2 aromatic heterocycles. The highest BCUT2D eigenvalue weighted by atomic mass is 32.1. The van der Waals surface area contributed by atoms with Gasteiger partial charge in [-0.15, -0.1) is 11.3 Å². The van der Waals surface area contributed by atoms with Crippen molar-refractivity contribution in [2.75, 3.05) is 37.0 Å². The lowest BCUT2D eigenvalue weighted by Crippen LogP contribution is -2.43. The van der Waals surface area contributed by atoms with E-state index in [9.17, 15) is 14.4 Å². The lowest BCUT2D eigenvalue weighted by Gasteiger charge is -2.32. The van der Waals surface area contributed by atoms with E-state index >= 15 is 0 Å². The highest BCUT2D eigenvalue weighted by Crippen LogP contribution is 2.34. The third kappa shape index (κ3) is 4.61. The van der Waals surface area contributed by atoms with Crippen LogP contribution in [0.15, 0.2) is 42.7 Å². The highest BCUT2D eigenvalue weighted by molar-refractivity contribution is 7.17. The van der Waals surface area contributed by atoms with Crippen molar-refractivity contribution in [3.8, 4) is 16.3 Å². The first-order valence-electron chi connectivity index (χ1n) is 11.4. The van der Waals surface area contributed by atoms with Crippen LogP contribution in [0.1, 0.15) is 28.2 Å². The van der Waals surface area contributed by atoms with Crippen molar-refractivity contribution < 1.29 is 19.1 Å². The minimum Gasteiger partial charge on any atom is -0.482 e. The summed E-state index contributed by atoms with van der Waals surface area (Å²) in [5.41, 5.74) is 2.75. The molecule has 35 heavy (non-hydrogen) atoms. The predicted molar refractivity (Wildman–Crippen MR) is 133 cm³/mol. The Hall–Kier alpha value is -3.79. The fraction of sp³-hybridized carbons (Fsp3) is 0.320. The Morgan fingerprint density at radius 3 is 2.91 bits per heavy atom. The fourth-order valence-electron chi connectivity index (χ4n) is 4.32. The number of rotatable bonds is 4. The van der Waals surface area contributed by atoms with Crippen LogP contribution in [0.2, 0.25) is 0 Å². The Morgan fingerprint density at radius 2 is 2.11 bits per heavy atom. The molecule has 5 rings (SSSR count). The van der Waals surface area contributed by atoms with Gasteiger partial charge in [-0.1, -0.05) is 0 Å². The van der Waals surface area contributed by atoms with Gasteiger partial charge in [-0.2, -0.15) is 0 Å². The number of hydrogen-bond acceptors (Lipinski definition) is 7. The molecule has 2 aliphatic heterocycles. The number of fused-ring (bicyclic) bond motifs is 1. The van der Waals surface area contributed by atoms with Crippen LogP contribution >= 0.6 is 11.3 Å². The van der Waals surface area contributed by atoms with E-state index in [2.05, 4.69) is 15.3 Å². The van der Waals surface area contributed by atoms with E-state index in [4.69, 9.17) is 4.74 Å². The molecule has 10 heteroatoms. The Labute approximate surface area is 206 Å². The van der Waals surface area contributed by atoms with E-state index in [-0.39, 0.29) is 30.2 Å². The van der Waals surface area contributed by atoms with Crippen LogP contribution in [-0.2, 0) is 9.59 Å². The molecular formula is C25H25N5O4S. The summed E-state index contributed by atoms with van der Waals surface area (Å²) < 4.78 is 5.45. The molecule has 3 aromatic rings. The van der Waals surface area contributed by atoms with Gasteiger partial charge in [0.1, 0.15) is 15.6 Å². The summed E-state index contributed by atoms with van der Waals surface area (Å²) in [7, 11) is 1.68. The van der Waals surface area contributed by atoms with E-state index in [1.54, 1.807) is 42.5 Å². The highest BCUT2D eigenvalue weighted by Gasteiger charge is 2.31. The maximum atomic E-state index is 13.3. The lowest BCUT2D eigenvalue weighted by atomic mass is 9.96. The molecule has 0 radical (unpaired) electrons. The quantitative estimate of drug-likeness (QED) is 0.600. The van der Waals surface area contributed by atoms with Gasteiger partial charge in [0, 0.05) is 43.8 Å². The molecule has 0 bridgehead atoms. The molecule has 1 aromatic carbocycles. The monoisotopic (exact) mass is 491 g/mol. The Kier molecular flexibility index (Phi) is 6.21. The average molecular weight is 492 g/mol. The van der Waals surface area contributed by atoms with Gasteiger partial charge in [-0.25, -0.2) is 4.98 Å². The van der Waals surface area contributed by atoms with Crippen molar-refractivity contribution in [1.29, 1.82) is 0 Å². The van der Waals surface area contributed by atoms with Crippen LogP contribution in [-0.4, -0.2) is 59.3 Å². The summed E-state index contributed by atoms with van der Waals surface area (Å²) in [6.45, 7) is 2.78. The molecule has 3 amide bonds. The predicted octanol–water partition coefficient (Wildman–Crippen LogP) is 3.36. The van der Waals surface area contributed by atoms with Crippen molar-refractivity contribution in [2.24, 2.45) is 5.92 Å². The fourth-order valence-corrected chi connectivity index (χ4v) is 5.35. The Bertz CT molecular complexity index is 1290. The largest absolute Gasteiger partial charge is 0.482 e. The molecule has 1 N–H and O–H groups in total. The number of ether oxygens (including phenoxy) is 1. The number of likely N-dealkylation sites (tertiary alicyclic amines) is 1. The number of benzene rings is 1. The van der Waals surface area contributed by atoms with Gasteiger partial charge in [0.2, 0.25) is 5.91 Å². The molecule has 0 aliphatic carbocycles. The molecule has 0 spiro atoms. The second-order valence-corrected chi connectivity index (χ2v) is 9.68. The molecule has 1 saturated heterocycles. The zero-order valence-corrected chi connectivity index (χ0v) is 20.3. The summed E-state index contributed by atoms with van der Waals surface area (Å²) in [5.74, 6) is -0.119. The van der Waals surface area contributed by atoms with Gasteiger partial charge >= 0.3 is 0 Å². The van der Waals surface area contributed by atoms with Crippen molar-refractivity contribution in [3.05, 3.63) is 53.3 Å². The van der Waals surface area contributed by atoms with Crippen LogP contribution in [0.25, 0.3) is 10.6 Å². The number of nitrogens with zero attached hydrogens (tertiary/aromatic N) is 4. The standard InChI is InChI=1S/C25H25N5O4S/c1-15-22(35-24(27-15)16-5-3-9-26-12-16)25(33)30-10-4-6-17(13-30)23(32)28-18-7-8-20-19(11-18)29(2)21(31)14-34-20/h3,5,7-9,11-12,17H,4,6,10,13-14H2,1-2H3,(H,28,32). The number of aryl methyl sites for hydroxylation is 1. The van der Waals surface area contributed by atoms with Crippen LogP contribution in [0, 0.1) is 12.8 Å². The van der Waals surface area contributed by atoms with E-state index in [1.165, 1.54) is 16.2 Å². The van der Waals surface area contributed by atoms with Gasteiger partial charge in [0.05, 0.1) is 17.3 Å². The number of anilines is 2. The van der Waals surface area contributed by atoms with Crippen molar-refractivity contribution in [1.82, 2.24) is 14.9 Å². The summed E-state index contributed by atoms with van der Waals surface area (Å²) in [5, 5.41) is 3.70. The number of amides is 3. The van der Waals surface area contributed by atoms with Gasteiger partial charge < -0.3 is 19.9 Å². The number of likely N-dealkylation sites (N-methyl/N-ethyl adjacent to an activating group) is 1. The van der Waals surface area contributed by atoms with Crippen LogP contribution in [0.5, 0.6) is 5.75 Å². The van der Waals surface area contributed by atoms with Crippen LogP contribution < -0.4 is 15.0 Å². The number of aromatic nitrogens is 2. The zero-order valence-electron chi connectivity index (χ0n) is 19.5. The third-order valence-corrected chi connectivity index (χ3v) is 7.49. The maximum absolute atomic E-state index is 13.3. The van der Waals surface area contributed by atoms with Gasteiger partial charge in [-0.3, -0.25) is 19.4 Å². The van der Waals surface area contributed by atoms with Crippen LogP contribution in [0.3, 0.4) is 0 Å². The lowest BCUT2D eigenvalue weighted by molar-refractivity contribution is -0.121. The first kappa shape index (κ1) is 23.0. The number of carbonyl (C=O) groups is 3. The summed E-state index contributed by atoms with van der Waals surface area (Å²) in [6.07, 6.45) is 4.87. The topological polar surface area (TPSA) is 105 Å². The summed E-state index contributed by atoms with van der Waals surface area (Å²) >= 11 is 1.35. The van der Waals surface area contributed by atoms with Gasteiger partial charge in [0.15, 0.2) is 6.61 Å². The van der Waals surface area contributed by atoms with Gasteiger partial charge in [-0.05, 0) is 50.1 Å². The molecule has 4 heterocycles. The van der Waals surface area contributed by atoms with E-state index < -0.39 is 0 Å². The minimum absolute atomic E-state index is 0.00408. The molecule has 1 atom stereocenters. The third-order valence-electron chi connectivity index (χ3n) is 6.29. The van der Waals surface area contributed by atoms with E-state index in [0.29, 0.717) is 47.2 Å². The van der Waals surface area contributed by atoms with Crippen molar-refractivity contribution in [2.45, 2.75) is 19.8 Å². The molecular weight excluding hydrogens is 466 g/mol. The SMILES string of the molecule is Cc1nc(-c2cccnc2)sc1C(=O)N1CCCC(C(=O)Nc2ccc3c(c2)N(C)C(=O)CO3)C1. The zero-order chi connectivity index (χ0) is 24.5. The Morgan fingerprint density at radius 1 is 1.26 bits per heavy atom. The number of pyridine rings is 1. The molecule has 0 saturated carbocycles. The first-order valence-corrected chi connectivity index (χ1v) is 12.2. The second kappa shape index (κ2) is 9.46. The molecule has 1 fully saturated rings. The normalized spacial score (nSPS) is 17.5. The van der Waals surface area contributed by atoms with Crippen molar-refractivity contribution in [3.63, 3.8) is 0 Å².